The topological polar surface area (TPSA) is 96.2 Å². The molecule has 1 N–H and O–H groups in total. The van der Waals surface area contributed by atoms with Gasteiger partial charge in [-0.3, -0.25) is 19.1 Å². The lowest BCUT2D eigenvalue weighted by atomic mass is 10.2. The van der Waals surface area contributed by atoms with Crippen LogP contribution in [0.2, 0.25) is 0 Å². The second-order valence-corrected chi connectivity index (χ2v) is 8.47. The Morgan fingerprint density at radius 2 is 1.63 bits per heavy atom. The van der Waals surface area contributed by atoms with Gasteiger partial charge in [0.1, 0.15) is 0 Å². The molecular weight excluding hydrogens is 444 g/mol. The number of aromatic nitrogens is 4. The summed E-state index contributed by atoms with van der Waals surface area (Å²) in [6.45, 7) is 2.61. The third-order valence-corrected chi connectivity index (χ3v) is 6.26. The van der Waals surface area contributed by atoms with Gasteiger partial charge in [-0.15, -0.1) is 0 Å². The van der Waals surface area contributed by atoms with Gasteiger partial charge in [-0.25, -0.2) is 4.79 Å². The fraction of sp³-hybridized carbons (Fsp3) is 0.231. The lowest BCUT2D eigenvalue weighted by Crippen LogP contribution is -2.49. The number of aryl methyl sites for hydroxylation is 1. The van der Waals surface area contributed by atoms with Crippen molar-refractivity contribution >= 4 is 29.1 Å². The highest BCUT2D eigenvalue weighted by atomic mass is 16.2. The number of imidazole rings is 1. The minimum absolute atomic E-state index is 0.00314. The van der Waals surface area contributed by atoms with Crippen molar-refractivity contribution in [2.45, 2.75) is 6.54 Å². The summed E-state index contributed by atoms with van der Waals surface area (Å²) in [5, 5.41) is 0. The zero-order valence-corrected chi connectivity index (χ0v) is 19.4. The SMILES string of the molecule is Cn1c(=O)[nH]c(=O)c2c1nc(N1CCN(C(=O)c3ccccc3)CC1)n2C/C=C/c1ccccc1. The van der Waals surface area contributed by atoms with Crippen LogP contribution in [0, 0.1) is 0 Å². The first kappa shape index (κ1) is 22.4. The second kappa shape index (κ2) is 9.46. The van der Waals surface area contributed by atoms with Gasteiger partial charge in [0.15, 0.2) is 11.2 Å². The Bertz CT molecular complexity index is 1490. The van der Waals surface area contributed by atoms with Gasteiger partial charge in [-0.2, -0.15) is 4.98 Å². The molecule has 0 saturated carbocycles. The van der Waals surface area contributed by atoms with Crippen LogP contribution in [0.4, 0.5) is 5.95 Å². The molecule has 178 valence electrons. The monoisotopic (exact) mass is 470 g/mol. The summed E-state index contributed by atoms with van der Waals surface area (Å²) in [6.07, 6.45) is 3.96. The number of hydrogen-bond acceptors (Lipinski definition) is 5. The number of carbonyl (C=O) groups excluding carboxylic acids is 1. The number of nitrogens with one attached hydrogen (secondary N) is 1. The maximum atomic E-state index is 12.8. The smallest absolute Gasteiger partial charge is 0.329 e. The summed E-state index contributed by atoms with van der Waals surface area (Å²) >= 11 is 0. The summed E-state index contributed by atoms with van der Waals surface area (Å²) in [5.41, 5.74) is 1.44. The summed E-state index contributed by atoms with van der Waals surface area (Å²) in [7, 11) is 1.60. The highest BCUT2D eigenvalue weighted by Gasteiger charge is 2.26. The molecule has 2 aromatic heterocycles. The number of amides is 1. The van der Waals surface area contributed by atoms with E-state index in [0.717, 1.165) is 5.56 Å². The van der Waals surface area contributed by atoms with E-state index in [1.54, 1.807) is 7.05 Å². The van der Waals surface area contributed by atoms with Gasteiger partial charge < -0.3 is 14.4 Å². The third-order valence-electron chi connectivity index (χ3n) is 6.26. The number of piperazine rings is 1. The number of aromatic amines is 1. The molecule has 1 aliphatic rings. The van der Waals surface area contributed by atoms with Crippen LogP contribution in [-0.4, -0.2) is 56.1 Å². The van der Waals surface area contributed by atoms with Crippen LogP contribution >= 0.6 is 0 Å². The molecule has 35 heavy (non-hydrogen) atoms. The molecule has 5 rings (SSSR count). The number of hydrogen-bond donors (Lipinski definition) is 1. The number of H-pyrrole nitrogens is 1. The molecule has 9 heteroatoms. The molecule has 0 radical (unpaired) electrons. The van der Waals surface area contributed by atoms with Gasteiger partial charge in [-0.1, -0.05) is 60.7 Å². The normalized spacial score (nSPS) is 14.2. The molecule has 3 heterocycles. The van der Waals surface area contributed by atoms with Crippen LogP contribution in [0.15, 0.2) is 76.3 Å². The van der Waals surface area contributed by atoms with Gasteiger partial charge in [0.25, 0.3) is 11.5 Å². The Kier molecular flexibility index (Phi) is 6.05. The Morgan fingerprint density at radius 3 is 2.31 bits per heavy atom. The van der Waals surface area contributed by atoms with Crippen molar-refractivity contribution in [2.75, 3.05) is 31.1 Å². The van der Waals surface area contributed by atoms with E-state index in [2.05, 4.69) is 9.88 Å². The maximum absolute atomic E-state index is 12.8. The number of allylic oxidation sites excluding steroid dienone is 1. The predicted octanol–water partition coefficient (Wildman–Crippen LogP) is 2.10. The lowest BCUT2D eigenvalue weighted by molar-refractivity contribution is 0.0746. The predicted molar refractivity (Wildman–Crippen MR) is 136 cm³/mol. The van der Waals surface area contributed by atoms with Crippen molar-refractivity contribution in [2.24, 2.45) is 7.05 Å². The third kappa shape index (κ3) is 4.40. The van der Waals surface area contributed by atoms with E-state index < -0.39 is 11.2 Å². The number of benzene rings is 2. The average Bonchev–Trinajstić information content (AvgIpc) is 3.28. The van der Waals surface area contributed by atoms with E-state index in [0.29, 0.717) is 55.4 Å². The maximum Gasteiger partial charge on any atom is 0.329 e. The molecule has 9 nitrogen and oxygen atoms in total. The second-order valence-electron chi connectivity index (χ2n) is 8.47. The summed E-state index contributed by atoms with van der Waals surface area (Å²) < 4.78 is 3.19. The zero-order chi connectivity index (χ0) is 24.4. The quantitative estimate of drug-likeness (QED) is 0.482. The largest absolute Gasteiger partial charge is 0.339 e. The van der Waals surface area contributed by atoms with Crippen molar-refractivity contribution in [1.29, 1.82) is 0 Å². The molecule has 4 aromatic rings. The van der Waals surface area contributed by atoms with E-state index in [1.165, 1.54) is 4.57 Å². The van der Waals surface area contributed by atoms with Gasteiger partial charge in [0.05, 0.1) is 0 Å². The fourth-order valence-corrected chi connectivity index (χ4v) is 4.37. The molecular formula is C26H26N6O3. The Balaban J connectivity index is 1.45. The molecule has 2 aromatic carbocycles. The van der Waals surface area contributed by atoms with Gasteiger partial charge in [-0.05, 0) is 17.7 Å². The van der Waals surface area contributed by atoms with Crippen LogP contribution in [0.25, 0.3) is 17.2 Å². The van der Waals surface area contributed by atoms with Crippen LogP contribution < -0.4 is 16.1 Å². The molecule has 0 unspecified atom stereocenters. The van der Waals surface area contributed by atoms with E-state index in [9.17, 15) is 14.4 Å². The lowest BCUT2D eigenvalue weighted by Gasteiger charge is -2.35. The fourth-order valence-electron chi connectivity index (χ4n) is 4.37. The van der Waals surface area contributed by atoms with Crippen molar-refractivity contribution in [3.8, 4) is 0 Å². The van der Waals surface area contributed by atoms with Crippen LogP contribution in [-0.2, 0) is 13.6 Å². The molecule has 1 fully saturated rings. The van der Waals surface area contributed by atoms with Crippen molar-refractivity contribution < 1.29 is 4.79 Å². The molecule has 1 saturated heterocycles. The average molecular weight is 471 g/mol. The highest BCUT2D eigenvalue weighted by Crippen LogP contribution is 2.22. The molecule has 1 aliphatic heterocycles. The number of carbonyl (C=O) groups is 1. The summed E-state index contributed by atoms with van der Waals surface area (Å²) in [5.74, 6) is 0.611. The highest BCUT2D eigenvalue weighted by molar-refractivity contribution is 5.94. The van der Waals surface area contributed by atoms with E-state index >= 15 is 0 Å². The Hall–Kier alpha value is -4.40. The van der Waals surface area contributed by atoms with Crippen molar-refractivity contribution in [1.82, 2.24) is 24.0 Å². The van der Waals surface area contributed by atoms with Crippen molar-refractivity contribution in [3.63, 3.8) is 0 Å². The van der Waals surface area contributed by atoms with E-state index in [1.807, 2.05) is 82.3 Å². The minimum Gasteiger partial charge on any atom is -0.339 e. The van der Waals surface area contributed by atoms with Crippen LogP contribution in [0.5, 0.6) is 0 Å². The standard InChI is InChI=1S/C26H26N6O3/c1-29-22-21(23(33)28-26(29)35)32(14-8-11-19-9-4-2-5-10-19)25(27-22)31-17-15-30(16-18-31)24(34)20-12-6-3-7-13-20/h2-13H,14-18H2,1H3,(H,28,33,35)/b11-8+. The van der Waals surface area contributed by atoms with E-state index in [-0.39, 0.29) is 5.91 Å². The first-order valence-electron chi connectivity index (χ1n) is 11.5. The van der Waals surface area contributed by atoms with Gasteiger partial charge >= 0.3 is 5.69 Å². The number of nitrogens with zero attached hydrogens (tertiary/aromatic N) is 5. The summed E-state index contributed by atoms with van der Waals surface area (Å²) in [4.78, 5) is 48.8. The first-order valence-corrected chi connectivity index (χ1v) is 11.5. The number of anilines is 1. The molecule has 0 aliphatic carbocycles. The Morgan fingerprint density at radius 1 is 0.971 bits per heavy atom. The molecule has 0 spiro atoms. The van der Waals surface area contributed by atoms with E-state index in [4.69, 9.17) is 4.98 Å². The van der Waals surface area contributed by atoms with Gasteiger partial charge in [0, 0.05) is 45.3 Å². The minimum atomic E-state index is -0.503. The zero-order valence-electron chi connectivity index (χ0n) is 19.4. The van der Waals surface area contributed by atoms with Crippen LogP contribution in [0.3, 0.4) is 0 Å². The van der Waals surface area contributed by atoms with Crippen LogP contribution in [0.1, 0.15) is 15.9 Å². The summed E-state index contributed by atoms with van der Waals surface area (Å²) in [6, 6.07) is 19.1. The Labute approximate surface area is 201 Å². The first-order chi connectivity index (χ1) is 17.0. The number of rotatable bonds is 5. The number of fused-ring (bicyclic) bond motifs is 1. The van der Waals surface area contributed by atoms with Gasteiger partial charge in [0.2, 0.25) is 5.95 Å². The molecule has 1 amide bonds. The van der Waals surface area contributed by atoms with Crippen molar-refractivity contribution in [3.05, 3.63) is 98.7 Å². The molecule has 0 atom stereocenters. The molecule has 0 bridgehead atoms.